The molecule has 2 aliphatic carbocycles. The van der Waals surface area contributed by atoms with Crippen molar-refractivity contribution in [2.75, 3.05) is 0 Å². The van der Waals surface area contributed by atoms with Crippen LogP contribution in [0.2, 0.25) is 0 Å². The van der Waals surface area contributed by atoms with Crippen LogP contribution in [0.4, 0.5) is 0 Å². The molecule has 3 rings (SSSR count). The summed E-state index contributed by atoms with van der Waals surface area (Å²) in [5.74, 6) is 2.13. The Morgan fingerprint density at radius 1 is 1.29 bits per heavy atom. The monoisotopic (exact) mass is 230 g/mol. The molecule has 92 valence electrons. The van der Waals surface area contributed by atoms with Gasteiger partial charge in [-0.05, 0) is 55.6 Å². The minimum atomic E-state index is 0.393. The van der Waals surface area contributed by atoms with Crippen LogP contribution in [0.1, 0.15) is 49.8 Å². The molecule has 1 saturated carbocycles. The Labute approximate surface area is 104 Å². The Morgan fingerprint density at radius 2 is 2.18 bits per heavy atom. The Balaban J connectivity index is 1.85. The molecule has 0 bridgehead atoms. The van der Waals surface area contributed by atoms with Gasteiger partial charge in [0.05, 0.1) is 0 Å². The second kappa shape index (κ2) is 4.41. The normalized spacial score (nSPS) is 36.8. The largest absolute Gasteiger partial charge is 0.327 e. The van der Waals surface area contributed by atoms with E-state index in [1.165, 1.54) is 43.4 Å². The average molecular weight is 230 g/mol. The van der Waals surface area contributed by atoms with Gasteiger partial charge in [-0.15, -0.1) is 0 Å². The lowest BCUT2D eigenvalue weighted by molar-refractivity contribution is 0.210. The van der Waals surface area contributed by atoms with Crippen LogP contribution in [-0.4, -0.2) is 11.0 Å². The molecule has 4 atom stereocenters. The Hall–Kier alpha value is -0.890. The molecule has 1 heterocycles. The first-order valence-corrected chi connectivity index (χ1v) is 6.95. The molecule has 2 nitrogen and oxygen atoms in total. The van der Waals surface area contributed by atoms with Crippen LogP contribution in [0.25, 0.3) is 0 Å². The predicted molar refractivity (Wildman–Crippen MR) is 69.8 cm³/mol. The highest BCUT2D eigenvalue weighted by Crippen LogP contribution is 2.43. The standard InChI is InChI=1S/C15H22N2/c1-10-4-7-14(16)13(9-10)12-6-5-11-3-2-8-17-15(11)12/h2-3,8,10,12-14H,4-7,9,16H2,1H3. The average Bonchev–Trinajstić information content (AvgIpc) is 2.76. The van der Waals surface area contributed by atoms with Gasteiger partial charge < -0.3 is 5.73 Å². The van der Waals surface area contributed by atoms with Crippen LogP contribution in [0.15, 0.2) is 18.3 Å². The number of hydrogen-bond acceptors (Lipinski definition) is 2. The third-order valence-corrected chi connectivity index (χ3v) is 4.74. The highest BCUT2D eigenvalue weighted by atomic mass is 14.7. The molecule has 0 radical (unpaired) electrons. The van der Waals surface area contributed by atoms with Crippen LogP contribution in [0.3, 0.4) is 0 Å². The summed E-state index contributed by atoms with van der Waals surface area (Å²) in [5.41, 5.74) is 9.16. The fourth-order valence-corrected chi connectivity index (χ4v) is 3.77. The van der Waals surface area contributed by atoms with E-state index in [-0.39, 0.29) is 0 Å². The van der Waals surface area contributed by atoms with E-state index in [0.717, 1.165) is 5.92 Å². The quantitative estimate of drug-likeness (QED) is 0.805. The summed E-state index contributed by atoms with van der Waals surface area (Å²) in [6.07, 6.45) is 8.20. The molecular formula is C15H22N2. The molecule has 0 aliphatic heterocycles. The fraction of sp³-hybridized carbons (Fsp3) is 0.667. The first kappa shape index (κ1) is 11.2. The van der Waals surface area contributed by atoms with Crippen molar-refractivity contribution in [1.29, 1.82) is 0 Å². The summed E-state index contributed by atoms with van der Waals surface area (Å²) in [6.45, 7) is 2.37. The van der Waals surface area contributed by atoms with Crippen LogP contribution in [0, 0.1) is 11.8 Å². The lowest BCUT2D eigenvalue weighted by Crippen LogP contribution is -2.38. The smallest absolute Gasteiger partial charge is 0.0469 e. The SMILES string of the molecule is CC1CCC(N)C(C2CCc3cccnc32)C1. The number of pyridine rings is 1. The summed E-state index contributed by atoms with van der Waals surface area (Å²) in [5, 5.41) is 0. The van der Waals surface area contributed by atoms with E-state index in [9.17, 15) is 0 Å². The van der Waals surface area contributed by atoms with Crippen molar-refractivity contribution < 1.29 is 0 Å². The topological polar surface area (TPSA) is 38.9 Å². The Morgan fingerprint density at radius 3 is 3.06 bits per heavy atom. The minimum Gasteiger partial charge on any atom is -0.327 e. The third-order valence-electron chi connectivity index (χ3n) is 4.74. The van der Waals surface area contributed by atoms with Gasteiger partial charge in [-0.1, -0.05) is 13.0 Å². The van der Waals surface area contributed by atoms with Crippen molar-refractivity contribution in [1.82, 2.24) is 4.98 Å². The highest BCUT2D eigenvalue weighted by Gasteiger charge is 2.37. The number of nitrogens with two attached hydrogens (primary N) is 1. The zero-order valence-corrected chi connectivity index (χ0v) is 10.6. The Bertz CT molecular complexity index is 402. The summed E-state index contributed by atoms with van der Waals surface area (Å²) in [7, 11) is 0. The molecular weight excluding hydrogens is 208 g/mol. The van der Waals surface area contributed by atoms with Gasteiger partial charge in [0.15, 0.2) is 0 Å². The molecule has 0 aromatic carbocycles. The lowest BCUT2D eigenvalue weighted by Gasteiger charge is -2.36. The minimum absolute atomic E-state index is 0.393. The van der Waals surface area contributed by atoms with Gasteiger partial charge in [0.1, 0.15) is 0 Å². The zero-order valence-electron chi connectivity index (χ0n) is 10.6. The fourth-order valence-electron chi connectivity index (χ4n) is 3.77. The van der Waals surface area contributed by atoms with E-state index in [0.29, 0.717) is 17.9 Å². The van der Waals surface area contributed by atoms with Gasteiger partial charge >= 0.3 is 0 Å². The Kier molecular flexibility index (Phi) is 2.91. The maximum atomic E-state index is 6.35. The van der Waals surface area contributed by atoms with E-state index in [1.54, 1.807) is 0 Å². The summed E-state index contributed by atoms with van der Waals surface area (Å²) in [4.78, 5) is 4.62. The number of fused-ring (bicyclic) bond motifs is 1. The molecule has 0 saturated heterocycles. The number of rotatable bonds is 1. The van der Waals surface area contributed by atoms with Gasteiger partial charge in [-0.3, -0.25) is 4.98 Å². The van der Waals surface area contributed by atoms with E-state index >= 15 is 0 Å². The van der Waals surface area contributed by atoms with Gasteiger partial charge in [0, 0.05) is 23.9 Å². The number of nitrogens with zero attached hydrogens (tertiary/aromatic N) is 1. The number of hydrogen-bond donors (Lipinski definition) is 1. The van der Waals surface area contributed by atoms with Gasteiger partial charge in [-0.2, -0.15) is 0 Å². The first-order valence-electron chi connectivity index (χ1n) is 6.95. The van der Waals surface area contributed by atoms with Gasteiger partial charge in [-0.25, -0.2) is 0 Å². The molecule has 1 aromatic rings. The van der Waals surface area contributed by atoms with Crippen molar-refractivity contribution in [2.45, 2.75) is 51.0 Å². The third kappa shape index (κ3) is 1.99. The van der Waals surface area contributed by atoms with E-state index in [2.05, 4.69) is 24.0 Å². The van der Waals surface area contributed by atoms with Crippen LogP contribution in [-0.2, 0) is 6.42 Å². The zero-order chi connectivity index (χ0) is 11.8. The van der Waals surface area contributed by atoms with Gasteiger partial charge in [0.25, 0.3) is 0 Å². The van der Waals surface area contributed by atoms with E-state index < -0.39 is 0 Å². The molecule has 17 heavy (non-hydrogen) atoms. The van der Waals surface area contributed by atoms with Gasteiger partial charge in [0.2, 0.25) is 0 Å². The van der Waals surface area contributed by atoms with Crippen LogP contribution in [0.5, 0.6) is 0 Å². The molecule has 2 N–H and O–H groups in total. The highest BCUT2D eigenvalue weighted by molar-refractivity contribution is 5.29. The van der Waals surface area contributed by atoms with E-state index in [1.807, 2.05) is 6.20 Å². The molecule has 0 spiro atoms. The molecule has 1 fully saturated rings. The van der Waals surface area contributed by atoms with Crippen molar-refractivity contribution in [2.24, 2.45) is 17.6 Å². The maximum absolute atomic E-state index is 6.35. The summed E-state index contributed by atoms with van der Waals surface area (Å²) >= 11 is 0. The first-order chi connectivity index (χ1) is 8.25. The van der Waals surface area contributed by atoms with Crippen LogP contribution >= 0.6 is 0 Å². The number of aryl methyl sites for hydroxylation is 1. The molecule has 2 aliphatic rings. The molecule has 2 heteroatoms. The number of aromatic nitrogens is 1. The second-order valence-electron chi connectivity index (χ2n) is 5.94. The van der Waals surface area contributed by atoms with E-state index in [4.69, 9.17) is 5.73 Å². The maximum Gasteiger partial charge on any atom is 0.0469 e. The summed E-state index contributed by atoms with van der Waals surface area (Å²) < 4.78 is 0. The van der Waals surface area contributed by atoms with Crippen molar-refractivity contribution in [3.8, 4) is 0 Å². The lowest BCUT2D eigenvalue weighted by atomic mass is 9.72. The van der Waals surface area contributed by atoms with Crippen LogP contribution < -0.4 is 5.73 Å². The van der Waals surface area contributed by atoms with Crippen molar-refractivity contribution in [3.63, 3.8) is 0 Å². The molecule has 1 aromatic heterocycles. The second-order valence-corrected chi connectivity index (χ2v) is 5.94. The van der Waals surface area contributed by atoms with Crippen molar-refractivity contribution in [3.05, 3.63) is 29.6 Å². The van der Waals surface area contributed by atoms with Crippen molar-refractivity contribution >= 4 is 0 Å². The predicted octanol–water partition coefficient (Wildman–Crippen LogP) is 2.87. The molecule has 4 unspecified atom stereocenters. The summed E-state index contributed by atoms with van der Waals surface area (Å²) in [6, 6.07) is 4.69. The molecule has 0 amide bonds.